The Bertz CT molecular complexity index is 744. The zero-order chi connectivity index (χ0) is 17.5. The number of amides is 1. The Balaban J connectivity index is 2.01. The van der Waals surface area contributed by atoms with Crippen molar-refractivity contribution in [1.82, 2.24) is 10.3 Å². The van der Waals surface area contributed by atoms with Gasteiger partial charge in [-0.2, -0.15) is 0 Å². The average Bonchev–Trinajstić information content (AvgIpc) is 2.59. The molecule has 0 fully saturated rings. The topological polar surface area (TPSA) is 88.5 Å². The number of aromatic nitrogens is 1. The molecule has 1 heterocycles. The minimum atomic E-state index is -1.16. The molecule has 0 aliphatic heterocycles. The molecule has 2 rings (SSSR count). The van der Waals surface area contributed by atoms with Crippen LogP contribution in [0.4, 0.5) is 0 Å². The summed E-state index contributed by atoms with van der Waals surface area (Å²) in [6.45, 7) is 4.99. The van der Waals surface area contributed by atoms with Gasteiger partial charge in [-0.3, -0.25) is 4.79 Å². The first kappa shape index (κ1) is 17.5. The number of ether oxygens (including phenoxy) is 1. The summed E-state index contributed by atoms with van der Waals surface area (Å²) in [5.41, 5.74) is 1.89. The van der Waals surface area contributed by atoms with Crippen LogP contribution in [0, 0.1) is 6.92 Å². The lowest BCUT2D eigenvalue weighted by Crippen LogP contribution is -2.24. The molecule has 0 saturated heterocycles. The van der Waals surface area contributed by atoms with Gasteiger partial charge in [-0.1, -0.05) is 19.1 Å². The minimum Gasteiger partial charge on any atom is -0.494 e. The first-order chi connectivity index (χ1) is 11.5. The number of nitrogens with one attached hydrogen (secondary N) is 1. The Morgan fingerprint density at radius 3 is 2.62 bits per heavy atom. The van der Waals surface area contributed by atoms with Gasteiger partial charge < -0.3 is 15.2 Å². The molecular weight excluding hydrogens is 308 g/mol. The maximum atomic E-state index is 12.1. The number of carbonyl (C=O) groups is 2. The molecule has 1 amide bonds. The summed E-state index contributed by atoms with van der Waals surface area (Å²) in [4.78, 5) is 26.8. The summed E-state index contributed by atoms with van der Waals surface area (Å²) < 4.78 is 5.57. The third-order valence-corrected chi connectivity index (χ3v) is 3.43. The normalized spacial score (nSPS) is 10.2. The quantitative estimate of drug-likeness (QED) is 0.816. The number of aromatic carboxylic acids is 1. The van der Waals surface area contributed by atoms with E-state index in [9.17, 15) is 9.59 Å². The monoisotopic (exact) mass is 328 g/mol. The van der Waals surface area contributed by atoms with Crippen LogP contribution in [0.15, 0.2) is 36.4 Å². The summed E-state index contributed by atoms with van der Waals surface area (Å²) in [6, 6.07) is 10.0. The van der Waals surface area contributed by atoms with Crippen molar-refractivity contribution in [2.75, 3.05) is 6.61 Å². The molecule has 2 aromatic rings. The van der Waals surface area contributed by atoms with E-state index in [-0.39, 0.29) is 11.4 Å². The predicted octanol–water partition coefficient (Wildman–Crippen LogP) is 2.81. The average molecular weight is 328 g/mol. The lowest BCUT2D eigenvalue weighted by molar-refractivity contribution is 0.0690. The Morgan fingerprint density at radius 1 is 1.21 bits per heavy atom. The number of hydrogen-bond donors (Lipinski definition) is 2. The van der Waals surface area contributed by atoms with E-state index in [1.54, 1.807) is 0 Å². The summed E-state index contributed by atoms with van der Waals surface area (Å²) in [5.74, 6) is -0.771. The van der Waals surface area contributed by atoms with Gasteiger partial charge in [0.1, 0.15) is 17.1 Å². The van der Waals surface area contributed by atoms with Gasteiger partial charge >= 0.3 is 5.97 Å². The lowest BCUT2D eigenvalue weighted by Gasteiger charge is -2.11. The van der Waals surface area contributed by atoms with Crippen molar-refractivity contribution in [2.45, 2.75) is 26.8 Å². The zero-order valence-electron chi connectivity index (χ0n) is 13.7. The molecule has 1 aromatic carbocycles. The lowest BCUT2D eigenvalue weighted by atomic mass is 10.1. The molecule has 0 atom stereocenters. The summed E-state index contributed by atoms with van der Waals surface area (Å²) >= 11 is 0. The molecule has 1 aromatic heterocycles. The van der Waals surface area contributed by atoms with Crippen molar-refractivity contribution >= 4 is 11.9 Å². The Hall–Kier alpha value is -2.89. The van der Waals surface area contributed by atoms with Crippen molar-refractivity contribution in [3.05, 3.63) is 58.9 Å². The number of carbonyl (C=O) groups excluding carboxylic acids is 1. The number of aryl methyl sites for hydroxylation is 1. The fraction of sp³-hybridized carbons (Fsp3) is 0.278. The number of carboxylic acid groups (broad SMARTS) is 1. The number of nitrogens with zero attached hydrogens (tertiary/aromatic N) is 1. The molecule has 126 valence electrons. The molecule has 6 heteroatoms. The molecule has 0 aliphatic carbocycles. The molecule has 2 N–H and O–H groups in total. The van der Waals surface area contributed by atoms with E-state index < -0.39 is 11.9 Å². The highest BCUT2D eigenvalue weighted by atomic mass is 16.5. The van der Waals surface area contributed by atoms with Crippen molar-refractivity contribution in [1.29, 1.82) is 0 Å². The van der Waals surface area contributed by atoms with Crippen LogP contribution in [0.5, 0.6) is 5.75 Å². The Kier molecular flexibility index (Phi) is 5.89. The van der Waals surface area contributed by atoms with Crippen LogP contribution in [0.1, 0.15) is 45.4 Å². The van der Waals surface area contributed by atoms with Gasteiger partial charge in [0.25, 0.3) is 5.91 Å². The van der Waals surface area contributed by atoms with E-state index in [0.29, 0.717) is 13.2 Å². The maximum Gasteiger partial charge on any atom is 0.354 e. The first-order valence-corrected chi connectivity index (χ1v) is 7.72. The van der Waals surface area contributed by atoms with Crippen molar-refractivity contribution in [3.63, 3.8) is 0 Å². The van der Waals surface area contributed by atoms with Gasteiger partial charge in [0.15, 0.2) is 0 Å². The van der Waals surface area contributed by atoms with Gasteiger partial charge in [-0.25, -0.2) is 9.78 Å². The van der Waals surface area contributed by atoms with Crippen molar-refractivity contribution in [2.24, 2.45) is 0 Å². The second kappa shape index (κ2) is 8.10. The van der Waals surface area contributed by atoms with Crippen LogP contribution in [-0.2, 0) is 6.54 Å². The zero-order valence-corrected chi connectivity index (χ0v) is 13.7. The van der Waals surface area contributed by atoms with Gasteiger partial charge in [-0.15, -0.1) is 0 Å². The molecule has 0 radical (unpaired) electrons. The fourth-order valence-corrected chi connectivity index (χ4v) is 2.12. The van der Waals surface area contributed by atoms with E-state index in [4.69, 9.17) is 9.84 Å². The SMILES string of the molecule is CCCOc1ccc(CNC(=O)c2cccc(C(=O)O)n2)c(C)c1. The second-order valence-electron chi connectivity index (χ2n) is 5.33. The Labute approximate surface area is 140 Å². The van der Waals surface area contributed by atoms with Crippen molar-refractivity contribution < 1.29 is 19.4 Å². The molecule has 0 aliphatic rings. The summed E-state index contributed by atoms with van der Waals surface area (Å²) in [5, 5.41) is 11.7. The first-order valence-electron chi connectivity index (χ1n) is 7.72. The second-order valence-corrected chi connectivity index (χ2v) is 5.33. The van der Waals surface area contributed by atoms with Gasteiger partial charge in [-0.05, 0) is 48.7 Å². The minimum absolute atomic E-state index is 0.0791. The number of pyridine rings is 1. The third-order valence-electron chi connectivity index (χ3n) is 3.43. The number of rotatable bonds is 7. The standard InChI is InChI=1S/C18H20N2O4/c1-3-9-24-14-8-7-13(12(2)10-14)11-19-17(21)15-5-4-6-16(20-15)18(22)23/h4-8,10H,3,9,11H2,1-2H3,(H,19,21)(H,22,23). The van der Waals surface area contributed by atoms with Gasteiger partial charge in [0, 0.05) is 6.54 Å². The smallest absolute Gasteiger partial charge is 0.354 e. The van der Waals surface area contributed by atoms with Crippen molar-refractivity contribution in [3.8, 4) is 5.75 Å². The van der Waals surface area contributed by atoms with Crippen LogP contribution in [0.2, 0.25) is 0 Å². The highest BCUT2D eigenvalue weighted by molar-refractivity contribution is 5.94. The van der Waals surface area contributed by atoms with Crippen LogP contribution in [0.25, 0.3) is 0 Å². The predicted molar refractivity (Wildman–Crippen MR) is 89.3 cm³/mol. The highest BCUT2D eigenvalue weighted by Crippen LogP contribution is 2.17. The largest absolute Gasteiger partial charge is 0.494 e. The van der Waals surface area contributed by atoms with Crippen LogP contribution in [0.3, 0.4) is 0 Å². The number of carboxylic acids is 1. The van der Waals surface area contributed by atoms with Crippen LogP contribution < -0.4 is 10.1 Å². The van der Waals surface area contributed by atoms with Crippen LogP contribution in [-0.4, -0.2) is 28.6 Å². The van der Waals surface area contributed by atoms with E-state index in [1.165, 1.54) is 18.2 Å². The number of benzene rings is 1. The third kappa shape index (κ3) is 4.55. The summed E-state index contributed by atoms with van der Waals surface area (Å²) in [6.07, 6.45) is 0.944. The summed E-state index contributed by atoms with van der Waals surface area (Å²) in [7, 11) is 0. The molecule has 0 saturated carbocycles. The van der Waals surface area contributed by atoms with Crippen LogP contribution >= 0.6 is 0 Å². The molecule has 6 nitrogen and oxygen atoms in total. The molecule has 24 heavy (non-hydrogen) atoms. The molecule has 0 bridgehead atoms. The Morgan fingerprint density at radius 2 is 1.96 bits per heavy atom. The molecule has 0 unspecified atom stereocenters. The molecular formula is C18H20N2O4. The molecule has 0 spiro atoms. The van der Waals surface area contributed by atoms with Gasteiger partial charge in [0.2, 0.25) is 0 Å². The van der Waals surface area contributed by atoms with E-state index >= 15 is 0 Å². The van der Waals surface area contributed by atoms with Gasteiger partial charge in [0.05, 0.1) is 6.61 Å². The van der Waals surface area contributed by atoms with E-state index in [0.717, 1.165) is 23.3 Å². The highest BCUT2D eigenvalue weighted by Gasteiger charge is 2.11. The fourth-order valence-electron chi connectivity index (χ4n) is 2.12. The number of hydrogen-bond acceptors (Lipinski definition) is 4. The van der Waals surface area contributed by atoms with E-state index in [1.807, 2.05) is 32.0 Å². The maximum absolute atomic E-state index is 12.1. The van der Waals surface area contributed by atoms with E-state index in [2.05, 4.69) is 10.3 Å².